The summed E-state index contributed by atoms with van der Waals surface area (Å²) in [4.78, 5) is 12.1. The van der Waals surface area contributed by atoms with Gasteiger partial charge in [-0.3, -0.25) is 4.79 Å². The molecule has 1 aliphatic rings. The van der Waals surface area contributed by atoms with Crippen molar-refractivity contribution in [1.29, 1.82) is 0 Å². The van der Waals surface area contributed by atoms with Crippen LogP contribution < -0.4 is 20.5 Å². The molecule has 6 heteroatoms. The van der Waals surface area contributed by atoms with Gasteiger partial charge in [-0.2, -0.15) is 0 Å². The SMILES string of the molecule is Cl.N[C@@H](Cc1ccccc1)C(=O)NCCc1ccc2c(c1)OCCO2. The molecule has 134 valence electrons. The van der Waals surface area contributed by atoms with Crippen molar-refractivity contribution >= 4 is 18.3 Å². The Kier molecular flexibility index (Phi) is 7.10. The average Bonchev–Trinajstić information content (AvgIpc) is 2.62. The second-order valence-electron chi connectivity index (χ2n) is 5.82. The van der Waals surface area contributed by atoms with Crippen LogP contribution in [0.1, 0.15) is 11.1 Å². The van der Waals surface area contributed by atoms with E-state index in [-0.39, 0.29) is 18.3 Å². The Morgan fingerprint density at radius 3 is 2.52 bits per heavy atom. The lowest BCUT2D eigenvalue weighted by atomic mass is 10.1. The van der Waals surface area contributed by atoms with Gasteiger partial charge in [-0.15, -0.1) is 12.4 Å². The Balaban J connectivity index is 0.00000225. The molecule has 0 spiro atoms. The molecule has 5 nitrogen and oxygen atoms in total. The van der Waals surface area contributed by atoms with E-state index in [4.69, 9.17) is 15.2 Å². The highest BCUT2D eigenvalue weighted by molar-refractivity contribution is 5.85. The first kappa shape index (κ1) is 19.1. The molecule has 1 heterocycles. The molecule has 3 N–H and O–H groups in total. The highest BCUT2D eigenvalue weighted by atomic mass is 35.5. The number of amides is 1. The van der Waals surface area contributed by atoms with E-state index in [0.29, 0.717) is 26.2 Å². The summed E-state index contributed by atoms with van der Waals surface area (Å²) >= 11 is 0. The molecular weight excluding hydrogens is 340 g/mol. The molecule has 0 unspecified atom stereocenters. The maximum Gasteiger partial charge on any atom is 0.237 e. The molecule has 0 radical (unpaired) electrons. The summed E-state index contributed by atoms with van der Waals surface area (Å²) in [6.45, 7) is 1.70. The third-order valence-corrected chi connectivity index (χ3v) is 3.95. The molecular formula is C19H23ClN2O3. The first-order chi connectivity index (χ1) is 11.7. The zero-order valence-corrected chi connectivity index (χ0v) is 14.8. The Labute approximate surface area is 153 Å². The van der Waals surface area contributed by atoms with Crippen molar-refractivity contribution in [3.05, 3.63) is 59.7 Å². The number of ether oxygens (including phenoxy) is 2. The van der Waals surface area contributed by atoms with Gasteiger partial charge in [-0.25, -0.2) is 0 Å². The van der Waals surface area contributed by atoms with Crippen molar-refractivity contribution in [2.24, 2.45) is 5.73 Å². The van der Waals surface area contributed by atoms with E-state index < -0.39 is 6.04 Å². The van der Waals surface area contributed by atoms with Crippen molar-refractivity contribution in [3.8, 4) is 11.5 Å². The van der Waals surface area contributed by atoms with Crippen LogP contribution in [0.5, 0.6) is 11.5 Å². The first-order valence-electron chi connectivity index (χ1n) is 8.18. The third-order valence-electron chi connectivity index (χ3n) is 3.95. The maximum absolute atomic E-state index is 12.1. The van der Waals surface area contributed by atoms with E-state index in [2.05, 4.69) is 5.32 Å². The van der Waals surface area contributed by atoms with Crippen molar-refractivity contribution < 1.29 is 14.3 Å². The normalized spacial score (nSPS) is 13.5. The molecule has 0 fully saturated rings. The molecule has 2 aromatic rings. The van der Waals surface area contributed by atoms with Gasteiger partial charge < -0.3 is 20.5 Å². The summed E-state index contributed by atoms with van der Waals surface area (Å²) in [5.74, 6) is 1.42. The number of carbonyl (C=O) groups is 1. The molecule has 2 aromatic carbocycles. The number of fused-ring (bicyclic) bond motifs is 1. The minimum absolute atomic E-state index is 0. The van der Waals surface area contributed by atoms with Gasteiger partial charge in [0.1, 0.15) is 13.2 Å². The van der Waals surface area contributed by atoms with E-state index in [1.807, 2.05) is 48.5 Å². The Bertz CT molecular complexity index is 694. The third kappa shape index (κ3) is 5.37. The number of benzene rings is 2. The van der Waals surface area contributed by atoms with E-state index in [9.17, 15) is 4.79 Å². The van der Waals surface area contributed by atoms with Gasteiger partial charge in [0.15, 0.2) is 11.5 Å². The number of hydrogen-bond acceptors (Lipinski definition) is 4. The fourth-order valence-corrected chi connectivity index (χ4v) is 2.67. The van der Waals surface area contributed by atoms with Crippen LogP contribution in [0.4, 0.5) is 0 Å². The van der Waals surface area contributed by atoms with Crippen LogP contribution in [0.25, 0.3) is 0 Å². The number of hydrogen-bond donors (Lipinski definition) is 2. The van der Waals surface area contributed by atoms with E-state index in [1.54, 1.807) is 0 Å². The minimum atomic E-state index is -0.535. The largest absolute Gasteiger partial charge is 0.486 e. The van der Waals surface area contributed by atoms with Crippen LogP contribution in [-0.4, -0.2) is 31.7 Å². The fourth-order valence-electron chi connectivity index (χ4n) is 2.67. The van der Waals surface area contributed by atoms with Crippen LogP contribution in [0.15, 0.2) is 48.5 Å². The Morgan fingerprint density at radius 2 is 1.76 bits per heavy atom. The van der Waals surface area contributed by atoms with Crippen LogP contribution >= 0.6 is 12.4 Å². The zero-order valence-electron chi connectivity index (χ0n) is 13.9. The number of nitrogens with two attached hydrogens (primary N) is 1. The topological polar surface area (TPSA) is 73.6 Å². The summed E-state index contributed by atoms with van der Waals surface area (Å²) in [7, 11) is 0. The van der Waals surface area contributed by atoms with Crippen LogP contribution in [0.3, 0.4) is 0 Å². The fraction of sp³-hybridized carbons (Fsp3) is 0.316. The van der Waals surface area contributed by atoms with Crippen molar-refractivity contribution in [2.45, 2.75) is 18.9 Å². The standard InChI is InChI=1S/C19H22N2O3.ClH/c20-16(12-14-4-2-1-3-5-14)19(22)21-9-8-15-6-7-17-18(13-15)24-11-10-23-17;/h1-7,13,16H,8-12,20H2,(H,21,22);1H/t16-;/m0./s1. The van der Waals surface area contributed by atoms with Gasteiger partial charge >= 0.3 is 0 Å². The number of rotatable bonds is 6. The van der Waals surface area contributed by atoms with Crippen LogP contribution in [0.2, 0.25) is 0 Å². The first-order valence-corrected chi connectivity index (χ1v) is 8.18. The van der Waals surface area contributed by atoms with Crippen LogP contribution in [0, 0.1) is 0 Å². The molecule has 0 saturated carbocycles. The van der Waals surface area contributed by atoms with Crippen molar-refractivity contribution in [1.82, 2.24) is 5.32 Å². The van der Waals surface area contributed by atoms with Gasteiger partial charge in [0.05, 0.1) is 6.04 Å². The highest BCUT2D eigenvalue weighted by Crippen LogP contribution is 2.30. The molecule has 1 amide bonds. The van der Waals surface area contributed by atoms with Crippen LogP contribution in [-0.2, 0) is 17.6 Å². The molecule has 0 aromatic heterocycles. The lowest BCUT2D eigenvalue weighted by molar-refractivity contribution is -0.122. The maximum atomic E-state index is 12.1. The second-order valence-corrected chi connectivity index (χ2v) is 5.82. The predicted molar refractivity (Wildman–Crippen MR) is 99.5 cm³/mol. The molecule has 0 aliphatic carbocycles. The number of carbonyl (C=O) groups excluding carboxylic acids is 1. The summed E-state index contributed by atoms with van der Waals surface area (Å²) in [6, 6.07) is 15.1. The van der Waals surface area contributed by atoms with E-state index in [0.717, 1.165) is 29.0 Å². The second kappa shape index (κ2) is 9.30. The van der Waals surface area contributed by atoms with Crippen molar-refractivity contribution in [3.63, 3.8) is 0 Å². The number of halogens is 1. The van der Waals surface area contributed by atoms with Gasteiger partial charge in [0.25, 0.3) is 0 Å². The van der Waals surface area contributed by atoms with E-state index in [1.165, 1.54) is 0 Å². The Morgan fingerprint density at radius 1 is 1.04 bits per heavy atom. The van der Waals surface area contributed by atoms with Crippen molar-refractivity contribution in [2.75, 3.05) is 19.8 Å². The lowest BCUT2D eigenvalue weighted by Crippen LogP contribution is -2.42. The zero-order chi connectivity index (χ0) is 16.8. The highest BCUT2D eigenvalue weighted by Gasteiger charge is 2.14. The van der Waals surface area contributed by atoms with Gasteiger partial charge in [0.2, 0.25) is 5.91 Å². The number of nitrogens with one attached hydrogen (secondary N) is 1. The monoisotopic (exact) mass is 362 g/mol. The quantitative estimate of drug-likeness (QED) is 0.825. The molecule has 0 bridgehead atoms. The summed E-state index contributed by atoms with van der Waals surface area (Å²) < 4.78 is 11.1. The van der Waals surface area contributed by atoms with E-state index >= 15 is 0 Å². The molecule has 1 atom stereocenters. The predicted octanol–water partition coefficient (Wildman–Crippen LogP) is 2.11. The smallest absolute Gasteiger partial charge is 0.237 e. The summed E-state index contributed by atoms with van der Waals surface area (Å²) in [6.07, 6.45) is 1.26. The van der Waals surface area contributed by atoms with Gasteiger partial charge in [-0.05, 0) is 36.1 Å². The van der Waals surface area contributed by atoms with Gasteiger partial charge in [0, 0.05) is 6.54 Å². The Hall–Kier alpha value is -2.24. The average molecular weight is 363 g/mol. The minimum Gasteiger partial charge on any atom is -0.486 e. The lowest BCUT2D eigenvalue weighted by Gasteiger charge is -2.19. The van der Waals surface area contributed by atoms with Gasteiger partial charge in [-0.1, -0.05) is 36.4 Å². The summed E-state index contributed by atoms with van der Waals surface area (Å²) in [5.41, 5.74) is 8.13. The molecule has 1 aliphatic heterocycles. The molecule has 0 saturated heterocycles. The molecule has 25 heavy (non-hydrogen) atoms. The summed E-state index contributed by atoms with van der Waals surface area (Å²) in [5, 5.41) is 2.90. The molecule has 3 rings (SSSR count).